The average molecular weight is 260 g/mol. The Kier molecular flexibility index (Phi) is 3.56. The maximum absolute atomic E-state index is 4.38. The van der Waals surface area contributed by atoms with Gasteiger partial charge in [-0.15, -0.1) is 0 Å². The first kappa shape index (κ1) is 13.7. The smallest absolute Gasteiger partial charge is 0.0234 e. The first-order chi connectivity index (χ1) is 8.99. The summed E-state index contributed by atoms with van der Waals surface area (Å²) >= 11 is 0. The molecule has 0 heteroatoms. The van der Waals surface area contributed by atoms with E-state index in [1.165, 1.54) is 51.4 Å². The average Bonchev–Trinajstić information content (AvgIpc) is 2.49. The van der Waals surface area contributed by atoms with Crippen LogP contribution < -0.4 is 0 Å². The number of allylic oxidation sites excluding steroid dienone is 1. The monoisotopic (exact) mass is 260 g/mol. The third-order valence-corrected chi connectivity index (χ3v) is 7.04. The molecule has 0 heterocycles. The summed E-state index contributed by atoms with van der Waals surface area (Å²) in [4.78, 5) is 0. The summed E-state index contributed by atoms with van der Waals surface area (Å²) in [6.07, 6.45) is 11.7. The van der Waals surface area contributed by atoms with Gasteiger partial charge in [-0.2, -0.15) is 0 Å². The fraction of sp³-hybridized carbons (Fsp3) is 0.895. The van der Waals surface area contributed by atoms with Gasteiger partial charge in [-0.1, -0.05) is 39.3 Å². The van der Waals surface area contributed by atoms with Crippen LogP contribution in [-0.2, 0) is 0 Å². The molecule has 0 N–H and O–H groups in total. The van der Waals surface area contributed by atoms with E-state index in [9.17, 15) is 0 Å². The number of rotatable bonds is 0. The van der Waals surface area contributed by atoms with Crippen LogP contribution in [0.15, 0.2) is 12.2 Å². The number of hydrogen-bond donors (Lipinski definition) is 0. The first-order valence-electron chi connectivity index (χ1n) is 8.66. The van der Waals surface area contributed by atoms with Crippen LogP contribution in [0, 0.1) is 35.0 Å². The van der Waals surface area contributed by atoms with Crippen molar-refractivity contribution in [2.45, 2.75) is 72.1 Å². The zero-order valence-electron chi connectivity index (χ0n) is 13.3. The molecule has 0 aromatic carbocycles. The van der Waals surface area contributed by atoms with Crippen molar-refractivity contribution in [3.8, 4) is 0 Å². The molecular formula is C19H32. The number of hydrogen-bond acceptors (Lipinski definition) is 0. The molecule has 0 nitrogen and oxygen atoms in total. The summed E-state index contributed by atoms with van der Waals surface area (Å²) in [5, 5.41) is 0. The minimum atomic E-state index is 0.614. The molecule has 5 atom stereocenters. The van der Waals surface area contributed by atoms with Crippen molar-refractivity contribution >= 4 is 0 Å². The van der Waals surface area contributed by atoms with Gasteiger partial charge in [0.05, 0.1) is 0 Å². The summed E-state index contributed by atoms with van der Waals surface area (Å²) in [5.74, 6) is 4.85. The fourth-order valence-electron chi connectivity index (χ4n) is 5.72. The van der Waals surface area contributed by atoms with E-state index < -0.39 is 0 Å². The van der Waals surface area contributed by atoms with Gasteiger partial charge >= 0.3 is 0 Å². The molecule has 3 fully saturated rings. The molecule has 3 aliphatic carbocycles. The van der Waals surface area contributed by atoms with Gasteiger partial charge in [-0.05, 0) is 80.0 Å². The van der Waals surface area contributed by atoms with Gasteiger partial charge in [-0.3, -0.25) is 0 Å². The summed E-state index contributed by atoms with van der Waals surface area (Å²) in [7, 11) is 0. The lowest BCUT2D eigenvalue weighted by Crippen LogP contribution is -2.44. The lowest BCUT2D eigenvalue weighted by molar-refractivity contribution is -0.0251. The highest BCUT2D eigenvalue weighted by Crippen LogP contribution is 2.57. The van der Waals surface area contributed by atoms with Crippen molar-refractivity contribution in [2.75, 3.05) is 0 Å². The molecule has 0 aromatic rings. The van der Waals surface area contributed by atoms with E-state index in [1.54, 1.807) is 5.57 Å². The minimum Gasteiger partial charge on any atom is -0.0996 e. The SMILES string of the molecule is C=C1CC2CCC3C(CCCC3(C)C)C2CC[C@@H]1C. The normalized spacial score (nSPS) is 46.1. The second-order valence-electron chi connectivity index (χ2n) is 8.49. The minimum absolute atomic E-state index is 0.614. The fourth-order valence-corrected chi connectivity index (χ4v) is 5.72. The van der Waals surface area contributed by atoms with Gasteiger partial charge in [-0.25, -0.2) is 0 Å². The van der Waals surface area contributed by atoms with Gasteiger partial charge in [0.15, 0.2) is 0 Å². The lowest BCUT2D eigenvalue weighted by Gasteiger charge is -2.52. The van der Waals surface area contributed by atoms with Crippen molar-refractivity contribution < 1.29 is 0 Å². The molecule has 0 aliphatic heterocycles. The molecule has 19 heavy (non-hydrogen) atoms. The molecule has 4 unspecified atom stereocenters. The van der Waals surface area contributed by atoms with Gasteiger partial charge in [0.2, 0.25) is 0 Å². The zero-order chi connectivity index (χ0) is 13.6. The Morgan fingerprint density at radius 2 is 1.79 bits per heavy atom. The Bertz CT molecular complexity index is 351. The molecule has 0 bridgehead atoms. The topological polar surface area (TPSA) is 0 Å². The van der Waals surface area contributed by atoms with Crippen LogP contribution in [-0.4, -0.2) is 0 Å². The third-order valence-electron chi connectivity index (χ3n) is 7.04. The number of fused-ring (bicyclic) bond motifs is 3. The summed E-state index contributed by atoms with van der Waals surface area (Å²) in [6, 6.07) is 0. The largest absolute Gasteiger partial charge is 0.0996 e. The highest BCUT2D eigenvalue weighted by atomic mass is 14.5. The molecule has 3 rings (SSSR count). The molecule has 3 aliphatic rings. The predicted molar refractivity (Wildman–Crippen MR) is 83.0 cm³/mol. The standard InChI is InChI=1S/C19H32/c1-13-7-9-16-15(12-14(13)2)8-10-18-17(16)6-5-11-19(18,3)4/h13,15-18H,2,5-12H2,1,3-4H3/t13-,15?,16?,17?,18?/m0/s1. The third kappa shape index (κ3) is 2.41. The molecule has 0 saturated heterocycles. The quantitative estimate of drug-likeness (QED) is 0.481. The van der Waals surface area contributed by atoms with Crippen LogP contribution in [0.2, 0.25) is 0 Å². The summed E-state index contributed by atoms with van der Waals surface area (Å²) in [5.41, 5.74) is 2.17. The van der Waals surface area contributed by atoms with E-state index in [-0.39, 0.29) is 0 Å². The van der Waals surface area contributed by atoms with Gasteiger partial charge in [0, 0.05) is 0 Å². The second kappa shape index (κ2) is 4.93. The van der Waals surface area contributed by atoms with Crippen LogP contribution >= 0.6 is 0 Å². The molecule has 0 amide bonds. The molecular weight excluding hydrogens is 228 g/mol. The van der Waals surface area contributed by atoms with Crippen molar-refractivity contribution in [2.24, 2.45) is 35.0 Å². The van der Waals surface area contributed by atoms with Crippen LogP contribution in [0.1, 0.15) is 72.1 Å². The Hall–Kier alpha value is -0.260. The molecule has 108 valence electrons. The highest BCUT2D eigenvalue weighted by molar-refractivity contribution is 5.07. The van der Waals surface area contributed by atoms with E-state index in [2.05, 4.69) is 27.4 Å². The first-order valence-corrected chi connectivity index (χ1v) is 8.66. The second-order valence-corrected chi connectivity index (χ2v) is 8.49. The maximum Gasteiger partial charge on any atom is -0.0234 e. The highest BCUT2D eigenvalue weighted by Gasteiger charge is 2.47. The Morgan fingerprint density at radius 1 is 1.00 bits per heavy atom. The molecule has 0 aromatic heterocycles. The van der Waals surface area contributed by atoms with Crippen LogP contribution in [0.5, 0.6) is 0 Å². The van der Waals surface area contributed by atoms with Crippen LogP contribution in [0.25, 0.3) is 0 Å². The van der Waals surface area contributed by atoms with Gasteiger partial charge in [0.1, 0.15) is 0 Å². The lowest BCUT2D eigenvalue weighted by atomic mass is 9.53. The van der Waals surface area contributed by atoms with E-state index in [0.29, 0.717) is 5.41 Å². The van der Waals surface area contributed by atoms with Crippen molar-refractivity contribution in [3.05, 3.63) is 12.2 Å². The van der Waals surface area contributed by atoms with Crippen LogP contribution in [0.3, 0.4) is 0 Å². The molecule has 0 radical (unpaired) electrons. The van der Waals surface area contributed by atoms with Crippen LogP contribution in [0.4, 0.5) is 0 Å². The zero-order valence-corrected chi connectivity index (χ0v) is 13.3. The van der Waals surface area contributed by atoms with E-state index in [0.717, 1.165) is 29.6 Å². The molecule has 0 spiro atoms. The Morgan fingerprint density at radius 3 is 2.58 bits per heavy atom. The van der Waals surface area contributed by atoms with E-state index in [1.807, 2.05) is 0 Å². The van der Waals surface area contributed by atoms with Crippen molar-refractivity contribution in [1.82, 2.24) is 0 Å². The summed E-state index contributed by atoms with van der Waals surface area (Å²) < 4.78 is 0. The Labute approximate surface area is 120 Å². The Balaban J connectivity index is 1.82. The summed E-state index contributed by atoms with van der Waals surface area (Å²) in [6.45, 7) is 11.9. The predicted octanol–water partition coefficient (Wildman–Crippen LogP) is 5.83. The van der Waals surface area contributed by atoms with Crippen molar-refractivity contribution in [3.63, 3.8) is 0 Å². The van der Waals surface area contributed by atoms with Gasteiger partial charge < -0.3 is 0 Å². The maximum atomic E-state index is 4.38. The molecule has 3 saturated carbocycles. The van der Waals surface area contributed by atoms with Gasteiger partial charge in [0.25, 0.3) is 0 Å². The van der Waals surface area contributed by atoms with E-state index >= 15 is 0 Å². The van der Waals surface area contributed by atoms with Crippen molar-refractivity contribution in [1.29, 1.82) is 0 Å². The van der Waals surface area contributed by atoms with E-state index in [4.69, 9.17) is 0 Å².